The van der Waals surface area contributed by atoms with Crippen LogP contribution in [0.25, 0.3) is 130 Å². The number of thiocarbonyl (C=S) groups is 1. The lowest BCUT2D eigenvalue weighted by Crippen LogP contribution is -2.21. The molecule has 0 spiro atoms. The van der Waals surface area contributed by atoms with E-state index in [0.29, 0.717) is 147 Å². The van der Waals surface area contributed by atoms with Gasteiger partial charge in [0.2, 0.25) is 0 Å². The smallest absolute Gasteiger partial charge is 0.321 e. The highest BCUT2D eigenvalue weighted by atomic mass is 32.1. The van der Waals surface area contributed by atoms with E-state index in [-0.39, 0.29) is 59.7 Å². The van der Waals surface area contributed by atoms with Gasteiger partial charge >= 0.3 is 11.9 Å². The monoisotopic (exact) mass is 1360 g/mol. The fourth-order valence-electron chi connectivity index (χ4n) is 14.7. The number of phenolic OH excluding ortho intramolecular Hbond substituents is 5. The normalized spacial score (nSPS) is 15.1. The summed E-state index contributed by atoms with van der Waals surface area (Å²) in [5, 5.41) is 69.4. The van der Waals surface area contributed by atoms with E-state index < -0.39 is 29.6 Å². The van der Waals surface area contributed by atoms with E-state index in [1.165, 1.54) is 49.6 Å². The van der Waals surface area contributed by atoms with Gasteiger partial charge in [-0.25, -0.2) is 15.0 Å². The topological polar surface area (TPSA) is 318 Å². The van der Waals surface area contributed by atoms with Gasteiger partial charge < -0.3 is 60.0 Å². The first kappa shape index (κ1) is 64.3. The summed E-state index contributed by atoms with van der Waals surface area (Å²) in [5.41, 5.74) is 17.7. The van der Waals surface area contributed by atoms with Gasteiger partial charge in [-0.15, -0.1) is 0 Å². The number of aliphatic imine (C=N–C) groups is 1. The van der Waals surface area contributed by atoms with Gasteiger partial charge in [-0.3, -0.25) is 19.4 Å². The lowest BCUT2D eigenvalue weighted by molar-refractivity contribution is -0.141. The number of carbonyl (C=O) groups is 3. The molecule has 101 heavy (non-hydrogen) atoms. The molecular weight excluding hydrogens is 1290 g/mol. The zero-order valence-electron chi connectivity index (χ0n) is 55.1. The summed E-state index contributed by atoms with van der Waals surface area (Å²) in [5.74, 6) is -4.92. The van der Waals surface area contributed by atoms with Crippen molar-refractivity contribution in [2.45, 2.75) is 64.7 Å². The average Bonchev–Trinajstić information content (AvgIpc) is 1.57. The van der Waals surface area contributed by atoms with Gasteiger partial charge in [-0.2, -0.15) is 4.99 Å². The molecule has 1 aliphatic carbocycles. The van der Waals surface area contributed by atoms with Crippen LogP contribution < -0.4 is 4.74 Å². The third-order valence-corrected chi connectivity index (χ3v) is 19.7. The van der Waals surface area contributed by atoms with Gasteiger partial charge in [0, 0.05) is 120 Å². The molecule has 5 aliphatic rings. The molecule has 1 unspecified atom stereocenters. The Bertz CT molecular complexity index is 5780. The molecule has 0 fully saturated rings. The number of nitrogens with one attached hydrogen (secondary N) is 4. The number of ether oxygens (including phenoxy) is 2. The van der Waals surface area contributed by atoms with Gasteiger partial charge in [0.25, 0.3) is 0 Å². The third kappa shape index (κ3) is 11.3. The highest BCUT2D eigenvalue weighted by molar-refractivity contribution is 7.78. The van der Waals surface area contributed by atoms with E-state index in [4.69, 9.17) is 41.6 Å². The van der Waals surface area contributed by atoms with Crippen molar-refractivity contribution in [3.05, 3.63) is 201 Å². The molecule has 20 nitrogen and oxygen atoms in total. The molecule has 0 radical (unpaired) electrons. The minimum atomic E-state index is -1.34. The van der Waals surface area contributed by atoms with Crippen LogP contribution >= 0.6 is 12.2 Å². The molecule has 10 N–H and O–H groups in total. The number of Topliss-reactive ketones (excluding diaryl/α,β-unsaturated/α-hetero) is 1. The Hall–Kier alpha value is -12.7. The molecule has 0 saturated carbocycles. The summed E-state index contributed by atoms with van der Waals surface area (Å²) in [4.78, 5) is 80.3. The molecule has 0 amide bonds. The van der Waals surface area contributed by atoms with E-state index in [1.54, 1.807) is 30.4 Å². The number of methoxy groups -OCH3 is 1. The van der Waals surface area contributed by atoms with Crippen LogP contribution in [0.5, 0.6) is 34.5 Å². The number of H-pyrrole nitrogens is 4. The molecule has 4 aromatic carbocycles. The van der Waals surface area contributed by atoms with Crippen LogP contribution in [0, 0.1) is 13.8 Å². The zero-order valence-corrected chi connectivity index (χ0v) is 55.9. The molecule has 10 heterocycles. The molecule has 10 aromatic rings. The highest BCUT2D eigenvalue weighted by Crippen LogP contribution is 2.50. The van der Waals surface area contributed by atoms with Crippen LogP contribution in [0.1, 0.15) is 129 Å². The molecule has 4 aliphatic heterocycles. The Labute approximate surface area is 581 Å². The number of benzene rings is 4. The van der Waals surface area contributed by atoms with Crippen molar-refractivity contribution in [1.29, 1.82) is 0 Å². The number of allylic oxidation sites excluding steroid dienone is 1. The van der Waals surface area contributed by atoms with Crippen molar-refractivity contribution in [3.8, 4) is 79.0 Å². The fraction of sp³-hybridized carbons (Fsp3) is 0.150. The number of aromatic amines is 4. The molecule has 6 aromatic heterocycles. The number of ketones is 1. The second kappa shape index (κ2) is 25.3. The predicted molar refractivity (Wildman–Crippen MR) is 394 cm³/mol. The lowest BCUT2D eigenvalue weighted by Gasteiger charge is -2.18. The molecule has 16 bridgehead atoms. The van der Waals surface area contributed by atoms with Crippen molar-refractivity contribution >= 4 is 126 Å². The van der Waals surface area contributed by atoms with Crippen LogP contribution in [-0.4, -0.2) is 107 Å². The number of aliphatic carboxylic acids is 1. The molecule has 15 rings (SSSR count). The SMILES string of the molecule is C=Cc1c(C)c2cc3nc(c4c5[nH]c(cc6nc(cc1[nH]2)C(C)=C6CCOc1cc(O)cc(-c2c6nc(c(-c7cc(O)cc(O)c7)c7ccc([nH]7)c(-c7c(O)cccc7O)c7nc(c(-c8ccc(N=C=S)cc8)c8ccc2[nH]8)C=C7)C=C6)c1)c(C)c5C(=O)C4C(=O)OC)[C@@H](CCC(=O)O)[C@@H]3C. The first-order chi connectivity index (χ1) is 48.7. The number of fused-ring (bicyclic) bond motifs is 16. The number of aromatic hydroxyl groups is 5. The molecule has 0 saturated heterocycles. The molecule has 500 valence electrons. The zero-order chi connectivity index (χ0) is 70.4. The first-order valence-electron chi connectivity index (χ1n) is 32.6. The van der Waals surface area contributed by atoms with Gasteiger partial charge in [-0.05, 0) is 194 Å². The van der Waals surface area contributed by atoms with Crippen LogP contribution in [0.3, 0.4) is 0 Å². The number of hydrogen-bond acceptors (Lipinski definition) is 16. The summed E-state index contributed by atoms with van der Waals surface area (Å²) in [6.07, 6.45) is 9.42. The number of hydrogen-bond donors (Lipinski definition) is 10. The summed E-state index contributed by atoms with van der Waals surface area (Å²) < 4.78 is 12.0. The van der Waals surface area contributed by atoms with Crippen molar-refractivity contribution in [3.63, 3.8) is 0 Å². The Morgan fingerprint density at radius 3 is 1.79 bits per heavy atom. The first-order valence-corrected chi connectivity index (χ1v) is 33.0. The van der Waals surface area contributed by atoms with Gasteiger partial charge in [0.1, 0.15) is 40.4 Å². The van der Waals surface area contributed by atoms with E-state index in [9.17, 15) is 45.0 Å². The van der Waals surface area contributed by atoms with Crippen LogP contribution in [0.2, 0.25) is 0 Å². The average molecular weight is 1360 g/mol. The molecule has 3 atom stereocenters. The van der Waals surface area contributed by atoms with E-state index in [0.717, 1.165) is 38.9 Å². The minimum absolute atomic E-state index is 0.0816. The standard InChI is InChI=1S/C80H63N9O11S/c1-7-49-37(2)60-33-62-39(4)51(15-24-68(95)96)77(88-62)75-76(80(98)99-6)79(97)69-40(5)63(89-78(69)75)35-65-50(38(3)61(87-65)34-64(49)86-60)25-26-100-48-30-43(29-47(92)32-48)72-56-17-16-52(82-56)70(41-11-13-44(14-12-41)81-36-101)53-20-22-58(84-53)73(74-66(93)9-8-10-67(74)94)59-23-21-55(85-59)71(54-18-19-57(72)83-54)42-27-45(90)31-46(91)28-42/h7-14,16-23,27-35,39,51,76,82,85-86,89-94H,1,15,24-26H2,2-6H3,(H,95,96)/t39-,51-,76?/m0/s1. The van der Waals surface area contributed by atoms with Crippen LogP contribution in [0.15, 0.2) is 133 Å². The van der Waals surface area contributed by atoms with E-state index in [2.05, 4.69) is 36.7 Å². The maximum absolute atomic E-state index is 14.8. The maximum Gasteiger partial charge on any atom is 0.321 e. The number of aromatic nitrogens is 8. The number of phenols is 5. The third-order valence-electron chi connectivity index (χ3n) is 19.6. The fourth-order valence-corrected chi connectivity index (χ4v) is 14.8. The summed E-state index contributed by atoms with van der Waals surface area (Å²) in [6, 6.07) is 34.4. The number of isothiocyanates is 1. The van der Waals surface area contributed by atoms with E-state index >= 15 is 0 Å². The predicted octanol–water partition coefficient (Wildman–Crippen LogP) is 17.1. The summed E-state index contributed by atoms with van der Waals surface area (Å²) in [7, 11) is 1.24. The second-order valence-corrected chi connectivity index (χ2v) is 25.7. The Morgan fingerprint density at radius 2 is 1.19 bits per heavy atom. The number of carbonyl (C=O) groups excluding carboxylic acids is 2. The van der Waals surface area contributed by atoms with Gasteiger partial charge in [-0.1, -0.05) is 37.8 Å². The minimum Gasteiger partial charge on any atom is -0.508 e. The van der Waals surface area contributed by atoms with Crippen molar-refractivity contribution in [2.75, 3.05) is 13.7 Å². The Kier molecular flexibility index (Phi) is 16.1. The second-order valence-electron chi connectivity index (χ2n) is 25.5. The number of carboxylic acids is 1. The molecular formula is C80H63N9O11S. The summed E-state index contributed by atoms with van der Waals surface area (Å²) >= 11 is 4.95. The van der Waals surface area contributed by atoms with Crippen molar-refractivity contribution in [1.82, 2.24) is 39.9 Å². The summed E-state index contributed by atoms with van der Waals surface area (Å²) in [6.45, 7) is 12.0. The quantitative estimate of drug-likeness (QED) is 0.0209. The van der Waals surface area contributed by atoms with Crippen LogP contribution in [0.4, 0.5) is 5.69 Å². The number of aryl methyl sites for hydroxylation is 2. The number of nitrogens with zero attached hydrogens (tertiary/aromatic N) is 5. The Morgan fingerprint density at radius 1 is 0.624 bits per heavy atom. The maximum atomic E-state index is 14.8. The van der Waals surface area contributed by atoms with Gasteiger partial charge in [0.05, 0.1) is 75.5 Å². The number of esters is 1. The van der Waals surface area contributed by atoms with Crippen molar-refractivity contribution < 1.29 is 54.5 Å². The number of carboxylic acid groups (broad SMARTS) is 1. The number of rotatable bonds is 14. The largest absolute Gasteiger partial charge is 0.508 e. The molecule has 21 heteroatoms. The van der Waals surface area contributed by atoms with Crippen LogP contribution in [-0.2, 0) is 14.3 Å². The lowest BCUT2D eigenvalue weighted by atomic mass is 9.84. The highest BCUT2D eigenvalue weighted by Gasteiger charge is 2.45. The van der Waals surface area contributed by atoms with E-state index in [1.807, 2.05) is 107 Å². The van der Waals surface area contributed by atoms with Gasteiger partial charge in [0.15, 0.2) is 5.78 Å². The Balaban J connectivity index is 0.894. The van der Waals surface area contributed by atoms with Crippen molar-refractivity contribution in [2.24, 2.45) is 4.99 Å².